The number of rotatable bonds is 1. The standard InChI is InChI=1S/C10H9N3O2/c1-12-9(14)4-6-13(10(12)15)8-3-2-5-11-7-8/h2-7H,1H3. The molecule has 0 aliphatic rings. The van der Waals surface area contributed by atoms with E-state index in [-0.39, 0.29) is 11.2 Å². The summed E-state index contributed by atoms with van der Waals surface area (Å²) in [5, 5.41) is 0. The van der Waals surface area contributed by atoms with Gasteiger partial charge in [0.25, 0.3) is 5.56 Å². The molecule has 0 amide bonds. The Balaban J connectivity index is 2.71. The zero-order valence-electron chi connectivity index (χ0n) is 8.12. The topological polar surface area (TPSA) is 56.9 Å². The minimum absolute atomic E-state index is 0.319. The van der Waals surface area contributed by atoms with Crippen LogP contribution < -0.4 is 11.2 Å². The van der Waals surface area contributed by atoms with Crippen molar-refractivity contribution in [2.45, 2.75) is 0 Å². The first-order valence-corrected chi connectivity index (χ1v) is 4.39. The zero-order valence-corrected chi connectivity index (χ0v) is 8.12. The number of hydrogen-bond acceptors (Lipinski definition) is 3. The molecule has 0 atom stereocenters. The van der Waals surface area contributed by atoms with Crippen molar-refractivity contribution in [1.29, 1.82) is 0 Å². The Bertz CT molecular complexity index is 584. The van der Waals surface area contributed by atoms with Gasteiger partial charge in [-0.2, -0.15) is 0 Å². The number of nitrogens with zero attached hydrogens (tertiary/aromatic N) is 3. The molecule has 2 heterocycles. The Morgan fingerprint density at radius 1 is 1.27 bits per heavy atom. The van der Waals surface area contributed by atoms with Crippen LogP contribution in [-0.4, -0.2) is 14.1 Å². The third kappa shape index (κ3) is 1.59. The molecule has 0 fully saturated rings. The summed E-state index contributed by atoms with van der Waals surface area (Å²) in [5.41, 5.74) is -0.0614. The summed E-state index contributed by atoms with van der Waals surface area (Å²) in [6.45, 7) is 0. The van der Waals surface area contributed by atoms with Gasteiger partial charge in [-0.3, -0.25) is 18.9 Å². The molecule has 0 unspecified atom stereocenters. The highest BCUT2D eigenvalue weighted by Crippen LogP contribution is 1.98. The molecule has 0 saturated heterocycles. The maximum Gasteiger partial charge on any atom is 0.335 e. The van der Waals surface area contributed by atoms with Crippen molar-refractivity contribution in [3.63, 3.8) is 0 Å². The predicted octanol–water partition coefficient (Wildman–Crippen LogP) is -0.0688. The van der Waals surface area contributed by atoms with Crippen LogP contribution in [-0.2, 0) is 7.05 Å². The van der Waals surface area contributed by atoms with Crippen molar-refractivity contribution in [3.05, 3.63) is 57.6 Å². The summed E-state index contributed by atoms with van der Waals surface area (Å²) in [6, 6.07) is 4.82. The number of hydrogen-bond donors (Lipinski definition) is 0. The average molecular weight is 203 g/mol. The molecule has 2 aromatic rings. The van der Waals surface area contributed by atoms with Crippen molar-refractivity contribution in [3.8, 4) is 5.69 Å². The predicted molar refractivity (Wildman–Crippen MR) is 55.1 cm³/mol. The molecule has 2 aromatic heterocycles. The van der Waals surface area contributed by atoms with Crippen LogP contribution in [0.1, 0.15) is 0 Å². The van der Waals surface area contributed by atoms with E-state index in [2.05, 4.69) is 4.98 Å². The molecule has 76 valence electrons. The quantitative estimate of drug-likeness (QED) is 0.652. The van der Waals surface area contributed by atoms with Crippen LogP contribution in [0.25, 0.3) is 5.69 Å². The van der Waals surface area contributed by atoms with E-state index in [0.717, 1.165) is 4.57 Å². The average Bonchev–Trinajstić information content (AvgIpc) is 2.27. The molecule has 0 aromatic carbocycles. The monoisotopic (exact) mass is 203 g/mol. The second-order valence-electron chi connectivity index (χ2n) is 3.08. The highest BCUT2D eigenvalue weighted by Gasteiger charge is 2.02. The van der Waals surface area contributed by atoms with Crippen molar-refractivity contribution < 1.29 is 0 Å². The van der Waals surface area contributed by atoms with Crippen LogP contribution in [0, 0.1) is 0 Å². The van der Waals surface area contributed by atoms with E-state index in [1.165, 1.54) is 23.9 Å². The van der Waals surface area contributed by atoms with Crippen LogP contribution >= 0.6 is 0 Å². The molecule has 0 aliphatic carbocycles. The van der Waals surface area contributed by atoms with Gasteiger partial charge in [-0.05, 0) is 12.1 Å². The van der Waals surface area contributed by atoms with Crippen LogP contribution in [0.2, 0.25) is 0 Å². The van der Waals surface area contributed by atoms with Gasteiger partial charge >= 0.3 is 5.69 Å². The molecular weight excluding hydrogens is 194 g/mol. The summed E-state index contributed by atoms with van der Waals surface area (Å²) in [4.78, 5) is 26.8. The first kappa shape index (κ1) is 9.39. The van der Waals surface area contributed by atoms with E-state index in [9.17, 15) is 9.59 Å². The first-order valence-electron chi connectivity index (χ1n) is 4.39. The fourth-order valence-electron chi connectivity index (χ4n) is 1.26. The molecule has 0 aliphatic heterocycles. The molecule has 5 nitrogen and oxygen atoms in total. The molecule has 0 radical (unpaired) electrons. The Morgan fingerprint density at radius 2 is 2.07 bits per heavy atom. The molecule has 0 spiro atoms. The Labute approximate surface area is 85.3 Å². The third-order valence-corrected chi connectivity index (χ3v) is 2.11. The largest absolute Gasteiger partial charge is 0.335 e. The maximum atomic E-state index is 11.7. The molecule has 5 heteroatoms. The normalized spacial score (nSPS) is 10.2. The minimum Gasteiger partial charge on any atom is -0.269 e. The van der Waals surface area contributed by atoms with Gasteiger partial charge in [0.2, 0.25) is 0 Å². The van der Waals surface area contributed by atoms with Crippen molar-refractivity contribution >= 4 is 0 Å². The lowest BCUT2D eigenvalue weighted by molar-refractivity contribution is 0.727. The van der Waals surface area contributed by atoms with Crippen LogP contribution in [0.3, 0.4) is 0 Å². The summed E-state index contributed by atoms with van der Waals surface area (Å²) in [7, 11) is 1.44. The zero-order chi connectivity index (χ0) is 10.8. The van der Waals surface area contributed by atoms with E-state index in [0.29, 0.717) is 5.69 Å². The highest BCUT2D eigenvalue weighted by molar-refractivity contribution is 5.26. The second kappa shape index (κ2) is 3.53. The SMILES string of the molecule is Cn1c(=O)ccn(-c2cccnc2)c1=O. The van der Waals surface area contributed by atoms with Crippen LogP contribution in [0.15, 0.2) is 46.4 Å². The third-order valence-electron chi connectivity index (χ3n) is 2.11. The molecule has 15 heavy (non-hydrogen) atoms. The second-order valence-corrected chi connectivity index (χ2v) is 3.08. The summed E-state index contributed by atoms with van der Waals surface area (Å²) >= 11 is 0. The maximum absolute atomic E-state index is 11.7. The Hall–Kier alpha value is -2.17. The molecule has 2 rings (SSSR count). The fraction of sp³-hybridized carbons (Fsp3) is 0.100. The van der Waals surface area contributed by atoms with Gasteiger partial charge in [0, 0.05) is 25.5 Å². The van der Waals surface area contributed by atoms with Crippen LogP contribution in [0.4, 0.5) is 0 Å². The first-order chi connectivity index (χ1) is 7.20. The smallest absolute Gasteiger partial charge is 0.269 e. The lowest BCUT2D eigenvalue weighted by atomic mass is 10.4. The van der Waals surface area contributed by atoms with Gasteiger partial charge in [-0.1, -0.05) is 0 Å². The van der Waals surface area contributed by atoms with E-state index in [1.807, 2.05) is 0 Å². The van der Waals surface area contributed by atoms with Crippen molar-refractivity contribution in [2.75, 3.05) is 0 Å². The van der Waals surface area contributed by atoms with Gasteiger partial charge in [0.15, 0.2) is 0 Å². The van der Waals surface area contributed by atoms with Crippen molar-refractivity contribution in [2.24, 2.45) is 7.05 Å². The number of aromatic nitrogens is 3. The lowest BCUT2D eigenvalue weighted by Gasteiger charge is -2.05. The molecule has 0 saturated carbocycles. The van der Waals surface area contributed by atoms with Gasteiger partial charge in [0.05, 0.1) is 11.9 Å². The molecular formula is C10H9N3O2. The molecule has 0 N–H and O–H groups in total. The number of pyridine rings is 1. The van der Waals surface area contributed by atoms with Crippen LogP contribution in [0.5, 0.6) is 0 Å². The summed E-state index contributed by atoms with van der Waals surface area (Å²) in [5.74, 6) is 0. The van der Waals surface area contributed by atoms with Gasteiger partial charge in [-0.25, -0.2) is 4.79 Å². The van der Waals surface area contributed by atoms with E-state index >= 15 is 0 Å². The van der Waals surface area contributed by atoms with E-state index in [1.54, 1.807) is 24.5 Å². The van der Waals surface area contributed by atoms with Gasteiger partial charge < -0.3 is 0 Å². The lowest BCUT2D eigenvalue weighted by Crippen LogP contribution is -2.36. The van der Waals surface area contributed by atoms with E-state index < -0.39 is 0 Å². The van der Waals surface area contributed by atoms with Gasteiger partial charge in [0.1, 0.15) is 0 Å². The fourth-order valence-corrected chi connectivity index (χ4v) is 1.26. The summed E-state index contributed by atoms with van der Waals surface area (Å²) in [6.07, 6.45) is 4.63. The van der Waals surface area contributed by atoms with Gasteiger partial charge in [-0.15, -0.1) is 0 Å². The van der Waals surface area contributed by atoms with Crippen molar-refractivity contribution in [1.82, 2.24) is 14.1 Å². The Kier molecular flexibility index (Phi) is 2.21. The molecule has 0 bridgehead atoms. The highest BCUT2D eigenvalue weighted by atomic mass is 16.2. The summed E-state index contributed by atoms with van der Waals surface area (Å²) < 4.78 is 2.42. The minimum atomic E-state index is -0.379. The van der Waals surface area contributed by atoms with E-state index in [4.69, 9.17) is 0 Å². The Morgan fingerprint density at radius 3 is 2.73 bits per heavy atom.